The summed E-state index contributed by atoms with van der Waals surface area (Å²) in [4.78, 5) is 6.86. The van der Waals surface area contributed by atoms with E-state index >= 15 is 0 Å². The monoisotopic (exact) mass is 475 g/mol. The first-order valence-electron chi connectivity index (χ1n) is 9.28. The highest BCUT2D eigenvalue weighted by molar-refractivity contribution is 14.0. The Hall–Kier alpha value is -0.930. The van der Waals surface area contributed by atoms with E-state index in [1.807, 2.05) is 6.92 Å². The average molecular weight is 475 g/mol. The van der Waals surface area contributed by atoms with Crippen molar-refractivity contribution in [1.29, 1.82) is 0 Å². The standard InChI is InChI=1S/C19H26FN3O2.HI/c1-2-21-19(22-9-16(24)12-5-3-4-6-15(12)20)23-10-13-14(11-23)18-8-7-17(13)25-18;/h3-6,13-14,16-18,24H,2,7-11H2,1H3,(H,21,22);1H. The lowest BCUT2D eigenvalue weighted by Gasteiger charge is -2.24. The molecule has 3 fully saturated rings. The molecule has 4 rings (SSSR count). The summed E-state index contributed by atoms with van der Waals surface area (Å²) in [6.07, 6.45) is 2.24. The summed E-state index contributed by atoms with van der Waals surface area (Å²) in [6.45, 7) is 4.86. The molecule has 0 spiro atoms. The third-order valence-corrected chi connectivity index (χ3v) is 5.77. The van der Waals surface area contributed by atoms with Crippen LogP contribution in [-0.2, 0) is 4.74 Å². The Labute approximate surface area is 171 Å². The molecule has 3 aliphatic heterocycles. The van der Waals surface area contributed by atoms with Crippen LogP contribution in [0.25, 0.3) is 0 Å². The van der Waals surface area contributed by atoms with Gasteiger partial charge in [-0.3, -0.25) is 4.99 Å². The zero-order valence-electron chi connectivity index (χ0n) is 15.0. The largest absolute Gasteiger partial charge is 0.386 e. The molecule has 0 radical (unpaired) electrons. The van der Waals surface area contributed by atoms with Crippen LogP contribution in [-0.4, -0.2) is 54.4 Å². The van der Waals surface area contributed by atoms with E-state index in [0.29, 0.717) is 29.6 Å². The molecule has 5 nitrogen and oxygen atoms in total. The van der Waals surface area contributed by atoms with Crippen molar-refractivity contribution in [2.45, 2.75) is 38.1 Å². The number of aliphatic hydroxyl groups is 1. The van der Waals surface area contributed by atoms with Gasteiger partial charge in [0.1, 0.15) is 11.9 Å². The fourth-order valence-electron chi connectivity index (χ4n) is 4.58. The Balaban J connectivity index is 0.00000196. The lowest BCUT2D eigenvalue weighted by Crippen LogP contribution is -2.41. The predicted molar refractivity (Wildman–Crippen MR) is 109 cm³/mol. The molecular formula is C19H27FIN3O2. The number of ether oxygens (including phenoxy) is 1. The Morgan fingerprint density at radius 3 is 2.58 bits per heavy atom. The van der Waals surface area contributed by atoms with Crippen molar-refractivity contribution >= 4 is 29.9 Å². The second kappa shape index (κ2) is 8.39. The molecule has 1 aromatic carbocycles. The molecule has 26 heavy (non-hydrogen) atoms. The minimum atomic E-state index is -0.934. The summed E-state index contributed by atoms with van der Waals surface area (Å²) < 4.78 is 19.8. The number of likely N-dealkylation sites (tertiary alicyclic amines) is 1. The van der Waals surface area contributed by atoms with Gasteiger partial charge in [-0.15, -0.1) is 24.0 Å². The van der Waals surface area contributed by atoms with E-state index in [4.69, 9.17) is 4.74 Å². The van der Waals surface area contributed by atoms with E-state index in [9.17, 15) is 9.50 Å². The zero-order chi connectivity index (χ0) is 17.4. The SMILES string of the molecule is CCNC(=NCC(O)c1ccccc1F)N1CC2C3CCC(O3)C2C1.I. The minimum absolute atomic E-state index is 0. The van der Waals surface area contributed by atoms with Crippen molar-refractivity contribution in [3.8, 4) is 0 Å². The number of fused-ring (bicyclic) bond motifs is 5. The Bertz CT molecular complexity index is 641. The Morgan fingerprint density at radius 1 is 1.31 bits per heavy atom. The number of nitrogens with zero attached hydrogens (tertiary/aromatic N) is 2. The van der Waals surface area contributed by atoms with Gasteiger partial charge in [0.2, 0.25) is 0 Å². The average Bonchev–Trinajstić information content (AvgIpc) is 3.31. The highest BCUT2D eigenvalue weighted by atomic mass is 127. The van der Waals surface area contributed by atoms with Gasteiger partial charge in [-0.2, -0.15) is 0 Å². The van der Waals surface area contributed by atoms with E-state index in [-0.39, 0.29) is 36.3 Å². The normalized spacial score (nSPS) is 30.9. The number of nitrogens with one attached hydrogen (secondary N) is 1. The van der Waals surface area contributed by atoms with Gasteiger partial charge in [-0.1, -0.05) is 18.2 Å². The number of aliphatic hydroxyl groups excluding tert-OH is 1. The van der Waals surface area contributed by atoms with Crippen LogP contribution < -0.4 is 5.32 Å². The Morgan fingerprint density at radius 2 is 1.96 bits per heavy atom. The molecule has 5 atom stereocenters. The molecule has 3 heterocycles. The van der Waals surface area contributed by atoms with Crippen LogP contribution >= 0.6 is 24.0 Å². The van der Waals surface area contributed by atoms with Gasteiger partial charge in [0, 0.05) is 37.0 Å². The van der Waals surface area contributed by atoms with E-state index in [1.165, 1.54) is 18.9 Å². The summed E-state index contributed by atoms with van der Waals surface area (Å²) in [6, 6.07) is 6.33. The number of hydrogen-bond donors (Lipinski definition) is 2. The van der Waals surface area contributed by atoms with Crippen molar-refractivity contribution < 1.29 is 14.2 Å². The predicted octanol–water partition coefficient (Wildman–Crippen LogP) is 2.55. The third kappa shape index (κ3) is 3.71. The van der Waals surface area contributed by atoms with Crippen molar-refractivity contribution in [3.63, 3.8) is 0 Å². The van der Waals surface area contributed by atoms with Crippen molar-refractivity contribution in [2.75, 3.05) is 26.2 Å². The van der Waals surface area contributed by atoms with E-state index in [0.717, 1.165) is 25.6 Å². The highest BCUT2D eigenvalue weighted by Crippen LogP contribution is 2.47. The summed E-state index contributed by atoms with van der Waals surface area (Å²) in [5, 5.41) is 13.6. The van der Waals surface area contributed by atoms with E-state index in [2.05, 4.69) is 15.2 Å². The minimum Gasteiger partial charge on any atom is -0.386 e. The summed E-state index contributed by atoms with van der Waals surface area (Å²) in [5.41, 5.74) is 0.298. The van der Waals surface area contributed by atoms with Gasteiger partial charge in [0.15, 0.2) is 5.96 Å². The lowest BCUT2D eigenvalue weighted by atomic mass is 9.82. The van der Waals surface area contributed by atoms with Gasteiger partial charge in [-0.25, -0.2) is 4.39 Å². The maximum Gasteiger partial charge on any atom is 0.194 e. The van der Waals surface area contributed by atoms with Crippen molar-refractivity contribution in [3.05, 3.63) is 35.6 Å². The molecule has 3 aliphatic rings. The number of hydrogen-bond acceptors (Lipinski definition) is 3. The van der Waals surface area contributed by atoms with Crippen LogP contribution in [0.4, 0.5) is 4.39 Å². The van der Waals surface area contributed by atoms with Crippen LogP contribution in [0.15, 0.2) is 29.3 Å². The molecule has 0 aliphatic carbocycles. The quantitative estimate of drug-likeness (QED) is 0.400. The van der Waals surface area contributed by atoms with Crippen LogP contribution in [0.5, 0.6) is 0 Å². The molecule has 0 amide bonds. The highest BCUT2D eigenvalue weighted by Gasteiger charge is 2.53. The number of rotatable bonds is 4. The zero-order valence-corrected chi connectivity index (χ0v) is 17.3. The summed E-state index contributed by atoms with van der Waals surface area (Å²) in [7, 11) is 0. The van der Waals surface area contributed by atoms with Crippen molar-refractivity contribution in [1.82, 2.24) is 10.2 Å². The number of aliphatic imine (C=N–C) groups is 1. The van der Waals surface area contributed by atoms with Gasteiger partial charge < -0.3 is 20.1 Å². The van der Waals surface area contributed by atoms with Crippen LogP contribution in [0.2, 0.25) is 0 Å². The fourth-order valence-corrected chi connectivity index (χ4v) is 4.58. The first-order chi connectivity index (χ1) is 12.2. The second-order valence-electron chi connectivity index (χ2n) is 7.25. The molecule has 7 heteroatoms. The molecular weight excluding hydrogens is 448 g/mol. The fraction of sp³-hybridized carbons (Fsp3) is 0.632. The second-order valence-corrected chi connectivity index (χ2v) is 7.25. The van der Waals surface area contributed by atoms with Crippen molar-refractivity contribution in [2.24, 2.45) is 16.8 Å². The molecule has 3 saturated heterocycles. The van der Waals surface area contributed by atoms with Gasteiger partial charge in [0.05, 0.1) is 18.8 Å². The number of guanidine groups is 1. The van der Waals surface area contributed by atoms with Crippen LogP contribution in [0, 0.1) is 17.7 Å². The van der Waals surface area contributed by atoms with E-state index < -0.39 is 6.10 Å². The first-order valence-corrected chi connectivity index (χ1v) is 9.28. The molecule has 0 saturated carbocycles. The first kappa shape index (κ1) is 19.8. The maximum atomic E-state index is 13.8. The summed E-state index contributed by atoms with van der Waals surface area (Å²) >= 11 is 0. The lowest BCUT2D eigenvalue weighted by molar-refractivity contribution is 0.0766. The molecule has 144 valence electrons. The molecule has 0 aromatic heterocycles. The number of halogens is 2. The maximum absolute atomic E-state index is 13.8. The van der Waals surface area contributed by atoms with Crippen LogP contribution in [0.3, 0.4) is 0 Å². The molecule has 1 aromatic rings. The molecule has 5 unspecified atom stereocenters. The topological polar surface area (TPSA) is 57.1 Å². The number of benzene rings is 1. The van der Waals surface area contributed by atoms with Gasteiger partial charge in [0.25, 0.3) is 0 Å². The Kier molecular flexibility index (Phi) is 6.40. The summed E-state index contributed by atoms with van der Waals surface area (Å²) in [5.74, 6) is 1.62. The van der Waals surface area contributed by atoms with Gasteiger partial charge >= 0.3 is 0 Å². The van der Waals surface area contributed by atoms with Gasteiger partial charge in [-0.05, 0) is 25.8 Å². The smallest absolute Gasteiger partial charge is 0.194 e. The molecule has 2 N–H and O–H groups in total. The third-order valence-electron chi connectivity index (χ3n) is 5.77. The molecule has 2 bridgehead atoms. The van der Waals surface area contributed by atoms with E-state index in [1.54, 1.807) is 18.2 Å². The van der Waals surface area contributed by atoms with Crippen LogP contribution in [0.1, 0.15) is 31.4 Å².